The summed E-state index contributed by atoms with van der Waals surface area (Å²) >= 11 is 1.86. The number of rotatable bonds is 9. The minimum absolute atomic E-state index is 0.142. The van der Waals surface area contributed by atoms with Gasteiger partial charge >= 0.3 is 0 Å². The summed E-state index contributed by atoms with van der Waals surface area (Å²) in [5.74, 6) is 2.64. The Hall–Kier alpha value is -1.74. The summed E-state index contributed by atoms with van der Waals surface area (Å²) in [6, 6.07) is 17.2. The molecule has 0 aromatic heterocycles. The monoisotopic (exact) mass is 355 g/mol. The van der Waals surface area contributed by atoms with Crippen LogP contribution in [0.15, 0.2) is 48.5 Å². The van der Waals surface area contributed by atoms with Crippen LogP contribution in [0.3, 0.4) is 0 Å². The molecule has 134 valence electrons. The summed E-state index contributed by atoms with van der Waals surface area (Å²) in [5, 5.41) is 3.02. The van der Waals surface area contributed by atoms with Crippen LogP contribution in [0.5, 0.6) is 0 Å². The van der Waals surface area contributed by atoms with E-state index < -0.39 is 0 Å². The normalized spacial score (nSPS) is 10.9. The first kappa shape index (κ1) is 19.6. The Bertz CT molecular complexity index is 647. The van der Waals surface area contributed by atoms with Gasteiger partial charge in [-0.2, -0.15) is 11.8 Å². The number of hydrogen-bond acceptors (Lipinski definition) is 2. The maximum absolute atomic E-state index is 11.9. The van der Waals surface area contributed by atoms with Gasteiger partial charge in [-0.15, -0.1) is 0 Å². The van der Waals surface area contributed by atoms with E-state index in [-0.39, 0.29) is 5.91 Å². The molecule has 0 saturated carbocycles. The largest absolute Gasteiger partial charge is 0.355 e. The number of amides is 1. The summed E-state index contributed by atoms with van der Waals surface area (Å²) < 4.78 is 0. The van der Waals surface area contributed by atoms with Gasteiger partial charge in [0.05, 0.1) is 0 Å². The number of aryl methyl sites for hydroxylation is 2. The van der Waals surface area contributed by atoms with Gasteiger partial charge in [0, 0.05) is 24.5 Å². The van der Waals surface area contributed by atoms with Crippen LogP contribution in [0.25, 0.3) is 0 Å². The first-order valence-electron chi connectivity index (χ1n) is 9.03. The molecule has 0 aliphatic rings. The van der Waals surface area contributed by atoms with E-state index in [1.807, 2.05) is 11.8 Å². The van der Waals surface area contributed by atoms with E-state index in [9.17, 15) is 4.79 Å². The molecule has 1 N–H and O–H groups in total. The van der Waals surface area contributed by atoms with E-state index in [0.29, 0.717) is 12.3 Å². The van der Waals surface area contributed by atoms with Crippen molar-refractivity contribution in [2.75, 3.05) is 12.3 Å². The predicted octanol–water partition coefficient (Wildman–Crippen LogP) is 5.10. The first-order chi connectivity index (χ1) is 12.0. The van der Waals surface area contributed by atoms with Crippen molar-refractivity contribution < 1.29 is 4.79 Å². The molecular formula is C22H29NOS. The molecule has 0 radical (unpaired) electrons. The number of hydrogen-bond donors (Lipinski definition) is 1. The van der Waals surface area contributed by atoms with Crippen LogP contribution in [0.1, 0.15) is 48.4 Å². The van der Waals surface area contributed by atoms with Gasteiger partial charge in [-0.05, 0) is 36.0 Å². The van der Waals surface area contributed by atoms with Crippen molar-refractivity contribution in [3.8, 4) is 0 Å². The highest BCUT2D eigenvalue weighted by atomic mass is 32.2. The van der Waals surface area contributed by atoms with E-state index in [4.69, 9.17) is 0 Å². The number of benzene rings is 2. The lowest BCUT2D eigenvalue weighted by Crippen LogP contribution is -2.25. The van der Waals surface area contributed by atoms with Crippen LogP contribution < -0.4 is 5.32 Å². The highest BCUT2D eigenvalue weighted by molar-refractivity contribution is 7.98. The second-order valence-electron chi connectivity index (χ2n) is 6.78. The fourth-order valence-electron chi connectivity index (χ4n) is 2.55. The SMILES string of the molecule is Cc1ccc(CSCCNC(=O)CCc2ccc(C(C)C)cc2)cc1. The number of nitrogens with one attached hydrogen (secondary N) is 1. The van der Waals surface area contributed by atoms with Gasteiger partial charge in [0.2, 0.25) is 5.91 Å². The second-order valence-corrected chi connectivity index (χ2v) is 7.89. The highest BCUT2D eigenvalue weighted by Crippen LogP contribution is 2.15. The van der Waals surface area contributed by atoms with Gasteiger partial charge < -0.3 is 5.32 Å². The Balaban J connectivity index is 1.58. The molecule has 0 spiro atoms. The van der Waals surface area contributed by atoms with E-state index >= 15 is 0 Å². The van der Waals surface area contributed by atoms with Gasteiger partial charge in [-0.1, -0.05) is 67.9 Å². The van der Waals surface area contributed by atoms with Crippen molar-refractivity contribution in [2.45, 2.75) is 45.3 Å². The Kier molecular flexibility index (Phi) is 8.07. The fraction of sp³-hybridized carbons (Fsp3) is 0.409. The Morgan fingerprint density at radius 3 is 2.28 bits per heavy atom. The molecule has 0 saturated heterocycles. The molecular weight excluding hydrogens is 326 g/mol. The van der Waals surface area contributed by atoms with Gasteiger partial charge in [-0.25, -0.2) is 0 Å². The highest BCUT2D eigenvalue weighted by Gasteiger charge is 2.03. The molecule has 3 heteroatoms. The predicted molar refractivity (Wildman–Crippen MR) is 109 cm³/mol. The molecule has 0 atom stereocenters. The van der Waals surface area contributed by atoms with Crippen molar-refractivity contribution in [3.63, 3.8) is 0 Å². The zero-order valence-electron chi connectivity index (χ0n) is 15.5. The molecule has 2 nitrogen and oxygen atoms in total. The maximum atomic E-state index is 11.9. The first-order valence-corrected chi connectivity index (χ1v) is 10.2. The van der Waals surface area contributed by atoms with E-state index in [0.717, 1.165) is 24.5 Å². The van der Waals surface area contributed by atoms with Gasteiger partial charge in [0.25, 0.3) is 0 Å². The van der Waals surface area contributed by atoms with E-state index in [1.54, 1.807) is 0 Å². The zero-order chi connectivity index (χ0) is 18.1. The van der Waals surface area contributed by atoms with Crippen LogP contribution in [0.2, 0.25) is 0 Å². The summed E-state index contributed by atoms with van der Waals surface area (Å²) in [4.78, 5) is 11.9. The minimum Gasteiger partial charge on any atom is -0.355 e. The van der Waals surface area contributed by atoms with Crippen LogP contribution in [-0.4, -0.2) is 18.2 Å². The molecule has 0 bridgehead atoms. The fourth-order valence-corrected chi connectivity index (χ4v) is 3.37. The van der Waals surface area contributed by atoms with E-state index in [2.05, 4.69) is 74.6 Å². The lowest BCUT2D eigenvalue weighted by molar-refractivity contribution is -0.120. The molecule has 0 fully saturated rings. The average Bonchev–Trinajstić information content (AvgIpc) is 2.61. The molecule has 2 aromatic carbocycles. The molecule has 0 aliphatic carbocycles. The average molecular weight is 356 g/mol. The third-order valence-electron chi connectivity index (χ3n) is 4.25. The molecule has 0 heterocycles. The van der Waals surface area contributed by atoms with Gasteiger partial charge in [0.1, 0.15) is 0 Å². The molecule has 2 rings (SSSR count). The summed E-state index contributed by atoms with van der Waals surface area (Å²) in [7, 11) is 0. The summed E-state index contributed by atoms with van der Waals surface area (Å²) in [5.41, 5.74) is 5.21. The van der Waals surface area contributed by atoms with Gasteiger partial charge in [-0.3, -0.25) is 4.79 Å². The molecule has 1 amide bonds. The van der Waals surface area contributed by atoms with Crippen molar-refractivity contribution in [3.05, 3.63) is 70.8 Å². The Morgan fingerprint density at radius 1 is 1.00 bits per heavy atom. The minimum atomic E-state index is 0.142. The summed E-state index contributed by atoms with van der Waals surface area (Å²) in [6.45, 7) is 7.23. The van der Waals surface area contributed by atoms with Crippen LogP contribution in [0.4, 0.5) is 0 Å². The van der Waals surface area contributed by atoms with Crippen molar-refractivity contribution in [2.24, 2.45) is 0 Å². The standard InChI is InChI=1S/C22H29NOS/c1-17(2)21-11-8-19(9-12-21)10-13-22(24)23-14-15-25-16-20-6-4-18(3)5-7-20/h4-9,11-12,17H,10,13-16H2,1-3H3,(H,23,24). The zero-order valence-corrected chi connectivity index (χ0v) is 16.4. The van der Waals surface area contributed by atoms with Crippen LogP contribution in [0, 0.1) is 6.92 Å². The quantitative estimate of drug-likeness (QED) is 0.634. The molecule has 0 aliphatic heterocycles. The Labute approximate surface area is 156 Å². The molecule has 0 unspecified atom stereocenters. The van der Waals surface area contributed by atoms with Crippen LogP contribution >= 0.6 is 11.8 Å². The Morgan fingerprint density at radius 2 is 1.64 bits per heavy atom. The second kappa shape index (κ2) is 10.3. The molecule has 25 heavy (non-hydrogen) atoms. The third kappa shape index (κ3) is 7.35. The topological polar surface area (TPSA) is 29.1 Å². The smallest absolute Gasteiger partial charge is 0.220 e. The van der Waals surface area contributed by atoms with Crippen molar-refractivity contribution in [1.82, 2.24) is 5.32 Å². The van der Waals surface area contributed by atoms with Crippen molar-refractivity contribution >= 4 is 17.7 Å². The number of thioether (sulfide) groups is 1. The lowest BCUT2D eigenvalue weighted by atomic mass is 10.0. The van der Waals surface area contributed by atoms with Crippen molar-refractivity contribution in [1.29, 1.82) is 0 Å². The molecule has 2 aromatic rings. The number of carbonyl (C=O) groups excluding carboxylic acids is 1. The van der Waals surface area contributed by atoms with Gasteiger partial charge in [0.15, 0.2) is 0 Å². The lowest BCUT2D eigenvalue weighted by Gasteiger charge is -2.08. The summed E-state index contributed by atoms with van der Waals surface area (Å²) in [6.07, 6.45) is 1.37. The number of carbonyl (C=O) groups is 1. The van der Waals surface area contributed by atoms with Crippen LogP contribution in [-0.2, 0) is 17.0 Å². The third-order valence-corrected chi connectivity index (χ3v) is 5.28. The van der Waals surface area contributed by atoms with E-state index in [1.165, 1.54) is 22.3 Å². The maximum Gasteiger partial charge on any atom is 0.220 e.